The lowest BCUT2D eigenvalue weighted by Crippen LogP contribution is -2.29. The van der Waals surface area contributed by atoms with Gasteiger partial charge in [-0.25, -0.2) is 0 Å². The summed E-state index contributed by atoms with van der Waals surface area (Å²) in [7, 11) is 1.54. The molecule has 19 heavy (non-hydrogen) atoms. The van der Waals surface area contributed by atoms with E-state index in [4.69, 9.17) is 16.0 Å². The molecular formula is C12H15ClN2O4. The van der Waals surface area contributed by atoms with Crippen LogP contribution in [0.2, 0.25) is 5.22 Å². The van der Waals surface area contributed by atoms with Crippen molar-refractivity contribution in [2.24, 2.45) is 5.92 Å². The molecule has 2 heterocycles. The van der Waals surface area contributed by atoms with E-state index >= 15 is 0 Å². The Hall–Kier alpha value is -1.53. The van der Waals surface area contributed by atoms with Crippen LogP contribution in [0.1, 0.15) is 16.8 Å². The Balaban J connectivity index is 2.00. The van der Waals surface area contributed by atoms with Crippen molar-refractivity contribution < 1.29 is 19.1 Å². The molecule has 1 aliphatic heterocycles. The van der Waals surface area contributed by atoms with Gasteiger partial charge in [0.2, 0.25) is 5.91 Å². The quantitative estimate of drug-likeness (QED) is 0.848. The van der Waals surface area contributed by atoms with E-state index in [2.05, 4.69) is 5.32 Å². The van der Waals surface area contributed by atoms with Crippen LogP contribution in [-0.2, 0) is 4.79 Å². The average Bonchev–Trinajstić information content (AvgIpc) is 2.96. The van der Waals surface area contributed by atoms with Crippen molar-refractivity contribution in [2.75, 3.05) is 20.1 Å². The molecule has 1 aromatic heterocycles. The normalized spacial score (nSPS) is 22.6. The Bertz CT molecular complexity index is 488. The first-order valence-electron chi connectivity index (χ1n) is 5.93. The lowest BCUT2D eigenvalue weighted by atomic mass is 10.0. The summed E-state index contributed by atoms with van der Waals surface area (Å²) in [6, 6.07) is 1.43. The molecule has 1 saturated heterocycles. The van der Waals surface area contributed by atoms with E-state index in [0.717, 1.165) is 0 Å². The van der Waals surface area contributed by atoms with Gasteiger partial charge in [0.1, 0.15) is 6.26 Å². The van der Waals surface area contributed by atoms with E-state index in [9.17, 15) is 14.7 Å². The fraction of sp³-hybridized carbons (Fsp3) is 0.500. The number of halogens is 1. The molecule has 1 fully saturated rings. The Kier molecular flexibility index (Phi) is 4.11. The van der Waals surface area contributed by atoms with Crippen LogP contribution >= 0.6 is 11.6 Å². The molecule has 0 spiro atoms. The molecule has 2 atom stereocenters. The first-order chi connectivity index (χ1) is 9.01. The molecule has 1 aromatic rings. The zero-order valence-corrected chi connectivity index (χ0v) is 11.2. The molecule has 0 aromatic carbocycles. The highest BCUT2D eigenvalue weighted by Crippen LogP contribution is 2.23. The third-order valence-corrected chi connectivity index (χ3v) is 3.43. The monoisotopic (exact) mass is 286 g/mol. The molecule has 1 aliphatic rings. The minimum absolute atomic E-state index is 0.144. The van der Waals surface area contributed by atoms with Gasteiger partial charge in [-0.05, 0) is 11.6 Å². The van der Waals surface area contributed by atoms with E-state index in [1.165, 1.54) is 17.2 Å². The topological polar surface area (TPSA) is 82.8 Å². The second kappa shape index (κ2) is 5.63. The summed E-state index contributed by atoms with van der Waals surface area (Å²) in [6.07, 6.45) is 0.792. The Labute approximate surface area is 115 Å². The number of nitrogens with one attached hydrogen (secondary N) is 1. The van der Waals surface area contributed by atoms with E-state index in [1.54, 1.807) is 7.05 Å². The van der Waals surface area contributed by atoms with Crippen molar-refractivity contribution >= 4 is 23.4 Å². The second-order valence-corrected chi connectivity index (χ2v) is 4.93. The highest BCUT2D eigenvalue weighted by molar-refractivity contribution is 6.29. The zero-order chi connectivity index (χ0) is 14.0. The Morgan fingerprint density at radius 3 is 2.89 bits per heavy atom. The third-order valence-electron chi connectivity index (χ3n) is 3.23. The maximum Gasteiger partial charge on any atom is 0.257 e. The minimum atomic E-state index is -0.691. The van der Waals surface area contributed by atoms with E-state index in [1.807, 2.05) is 0 Å². The molecular weight excluding hydrogens is 272 g/mol. The lowest BCUT2D eigenvalue weighted by Gasteiger charge is -2.14. The Morgan fingerprint density at radius 2 is 2.32 bits per heavy atom. The van der Waals surface area contributed by atoms with Crippen LogP contribution in [0.5, 0.6) is 0 Å². The van der Waals surface area contributed by atoms with Gasteiger partial charge < -0.3 is 19.7 Å². The van der Waals surface area contributed by atoms with Crippen LogP contribution < -0.4 is 5.32 Å². The number of amides is 2. The van der Waals surface area contributed by atoms with Crippen LogP contribution in [0.3, 0.4) is 0 Å². The van der Waals surface area contributed by atoms with Gasteiger partial charge in [-0.3, -0.25) is 9.59 Å². The van der Waals surface area contributed by atoms with Crippen LogP contribution in [0.25, 0.3) is 0 Å². The molecule has 104 valence electrons. The molecule has 7 heteroatoms. The average molecular weight is 287 g/mol. The predicted molar refractivity (Wildman–Crippen MR) is 67.8 cm³/mol. The number of hydrogen-bond donors (Lipinski definition) is 2. The van der Waals surface area contributed by atoms with Crippen LogP contribution in [0, 0.1) is 5.92 Å². The smallest absolute Gasteiger partial charge is 0.257 e. The molecule has 2 N–H and O–H groups in total. The van der Waals surface area contributed by atoms with Gasteiger partial charge >= 0.3 is 0 Å². The summed E-state index contributed by atoms with van der Waals surface area (Å²) in [5.74, 6) is -0.648. The molecule has 2 rings (SSSR count). The molecule has 0 aliphatic carbocycles. The van der Waals surface area contributed by atoms with Crippen LogP contribution in [0.15, 0.2) is 16.7 Å². The van der Waals surface area contributed by atoms with Crippen molar-refractivity contribution in [1.82, 2.24) is 10.2 Å². The standard InChI is InChI=1S/C12H15ClN2O4/c1-14-11(17)3-7-4-15(5-9(7)16)12(18)8-2-10(13)19-6-8/h2,6-7,9,16H,3-5H2,1H3,(H,14,17)/t7-,9-/m1/s1. The largest absolute Gasteiger partial charge is 0.452 e. The van der Waals surface area contributed by atoms with Gasteiger partial charge in [0, 0.05) is 38.5 Å². The van der Waals surface area contributed by atoms with Crippen molar-refractivity contribution in [3.8, 4) is 0 Å². The summed E-state index contributed by atoms with van der Waals surface area (Å²) in [5.41, 5.74) is 0.345. The van der Waals surface area contributed by atoms with Crippen molar-refractivity contribution in [3.63, 3.8) is 0 Å². The van der Waals surface area contributed by atoms with Gasteiger partial charge in [-0.2, -0.15) is 0 Å². The molecule has 6 nitrogen and oxygen atoms in total. The summed E-state index contributed by atoms with van der Waals surface area (Å²) < 4.78 is 4.87. The summed E-state index contributed by atoms with van der Waals surface area (Å²) >= 11 is 5.62. The van der Waals surface area contributed by atoms with E-state index in [-0.39, 0.29) is 35.9 Å². The van der Waals surface area contributed by atoms with Crippen molar-refractivity contribution in [3.05, 3.63) is 23.1 Å². The number of aliphatic hydroxyl groups is 1. The SMILES string of the molecule is CNC(=O)C[C@@H]1CN(C(=O)c2coc(Cl)c2)C[C@H]1O. The van der Waals surface area contributed by atoms with Crippen molar-refractivity contribution in [2.45, 2.75) is 12.5 Å². The summed E-state index contributed by atoms with van der Waals surface area (Å²) in [5, 5.41) is 12.5. The minimum Gasteiger partial charge on any atom is -0.452 e. The number of likely N-dealkylation sites (tertiary alicyclic amines) is 1. The highest BCUT2D eigenvalue weighted by atomic mass is 35.5. The maximum absolute atomic E-state index is 12.1. The fourth-order valence-electron chi connectivity index (χ4n) is 2.17. The molecule has 0 radical (unpaired) electrons. The second-order valence-electron chi connectivity index (χ2n) is 4.55. The summed E-state index contributed by atoms with van der Waals surface area (Å²) in [6.45, 7) is 0.555. The number of furan rings is 1. The van der Waals surface area contributed by atoms with Gasteiger partial charge in [-0.1, -0.05) is 0 Å². The number of carbonyl (C=O) groups is 2. The number of carbonyl (C=O) groups excluding carboxylic acids is 2. The van der Waals surface area contributed by atoms with E-state index in [0.29, 0.717) is 12.1 Å². The predicted octanol–water partition coefficient (Wildman–Crippen LogP) is 0.502. The van der Waals surface area contributed by atoms with Gasteiger partial charge in [-0.15, -0.1) is 0 Å². The fourth-order valence-corrected chi connectivity index (χ4v) is 2.33. The number of nitrogens with zero attached hydrogens (tertiary/aromatic N) is 1. The van der Waals surface area contributed by atoms with Crippen molar-refractivity contribution in [1.29, 1.82) is 0 Å². The van der Waals surface area contributed by atoms with Gasteiger partial charge in [0.25, 0.3) is 5.91 Å². The molecule has 0 unspecified atom stereocenters. The van der Waals surface area contributed by atoms with Crippen LogP contribution in [-0.4, -0.2) is 48.1 Å². The molecule has 2 amide bonds. The number of hydrogen-bond acceptors (Lipinski definition) is 4. The molecule has 0 bridgehead atoms. The van der Waals surface area contributed by atoms with Gasteiger partial charge in [0.15, 0.2) is 5.22 Å². The first-order valence-corrected chi connectivity index (χ1v) is 6.31. The van der Waals surface area contributed by atoms with E-state index < -0.39 is 6.10 Å². The number of β-amino-alcohol motifs (C(OH)–C–C–N with tert-alkyl or cyclic N) is 1. The lowest BCUT2D eigenvalue weighted by molar-refractivity contribution is -0.122. The molecule has 0 saturated carbocycles. The van der Waals surface area contributed by atoms with Gasteiger partial charge in [0.05, 0.1) is 11.7 Å². The third kappa shape index (κ3) is 3.08. The van der Waals surface area contributed by atoms with Crippen LogP contribution in [0.4, 0.5) is 0 Å². The Morgan fingerprint density at radius 1 is 1.58 bits per heavy atom. The summed E-state index contributed by atoms with van der Waals surface area (Å²) in [4.78, 5) is 24.9. The highest BCUT2D eigenvalue weighted by Gasteiger charge is 2.35. The first kappa shape index (κ1) is 13.9. The maximum atomic E-state index is 12.1. The number of rotatable bonds is 3. The zero-order valence-electron chi connectivity index (χ0n) is 10.4. The number of aliphatic hydroxyl groups excluding tert-OH is 1.